The van der Waals surface area contributed by atoms with Crippen molar-refractivity contribution in [3.05, 3.63) is 413 Å². The van der Waals surface area contributed by atoms with Crippen LogP contribution >= 0.6 is 11.3 Å². The number of rotatable bonds is 13. The fourth-order valence-electron chi connectivity index (χ4n) is 18.7. The first kappa shape index (κ1) is 65.5. The number of benzene rings is 18. The lowest BCUT2D eigenvalue weighted by Gasteiger charge is -2.26. The Morgan fingerprint density at radius 3 is 1.00 bits per heavy atom. The zero-order valence-corrected chi connectivity index (χ0v) is 63.6. The molecule has 116 heavy (non-hydrogen) atoms. The van der Waals surface area contributed by atoms with Gasteiger partial charge in [0.2, 0.25) is 0 Å². The van der Waals surface area contributed by atoms with Crippen LogP contribution in [-0.4, -0.2) is 18.3 Å². The van der Waals surface area contributed by atoms with Crippen LogP contribution in [0.1, 0.15) is 0 Å². The van der Waals surface area contributed by atoms with Gasteiger partial charge in [0.25, 0.3) is 0 Å². The molecule has 0 spiro atoms. The molecule has 18 aromatic carbocycles. The van der Waals surface area contributed by atoms with E-state index in [1.54, 1.807) is 0 Å². The largest absolute Gasteiger partial charge is 0.456 e. The van der Waals surface area contributed by atoms with E-state index in [0.717, 1.165) is 129 Å². The Kier molecular flexibility index (Phi) is 14.8. The lowest BCUT2D eigenvalue weighted by molar-refractivity contribution is 0.669. The number of fused-ring (bicyclic) bond motifs is 18. The Morgan fingerprint density at radius 1 is 0.190 bits per heavy atom. The molecule has 0 N–H and O–H groups in total. The van der Waals surface area contributed by atoms with E-state index in [4.69, 9.17) is 4.42 Å². The molecule has 6 aromatic heterocycles. The Balaban J connectivity index is 0.546. The van der Waals surface area contributed by atoms with Crippen LogP contribution in [0.5, 0.6) is 0 Å². The maximum absolute atomic E-state index is 6.56. The predicted octanol–water partition coefficient (Wildman–Crippen LogP) is 30.3. The molecule has 0 saturated carbocycles. The quantitative estimate of drug-likeness (QED) is 0.115. The van der Waals surface area contributed by atoms with Gasteiger partial charge in [-0.1, -0.05) is 218 Å². The number of nitrogens with zero attached hydrogens (tertiary/aromatic N) is 6. The van der Waals surface area contributed by atoms with Crippen molar-refractivity contribution in [1.82, 2.24) is 18.3 Å². The molecule has 0 radical (unpaired) electrons. The summed E-state index contributed by atoms with van der Waals surface area (Å²) in [5.74, 6) is 0. The minimum Gasteiger partial charge on any atom is -0.456 e. The lowest BCUT2D eigenvalue weighted by atomic mass is 9.98. The standard InChI is InChI=1S/C108H68N6OS/c1-9-27-96-85(18-1)86-19-2-10-28-97(86)111(96)78-49-40-71(41-50-78)69-36-45-74(46-37-69)109(82-61-63-91-90-23-7-15-34-104(90)115-105(91)67-82)76-53-59-81(60-54-76)113-100-31-13-5-22-89(100)95-66-73(44-65-102(95)113)84-26-17-33-103-108(84)94-25-6-14-32-101(94)114(103)79-51-42-72(43-52-79)70-38-47-75(48-39-70)110(83-62-64-93-92-24-8-16-35-106(92)116-107(93)68-83)77-55-57-80(58-56-77)112-98-29-11-3-20-87(98)88-21-4-12-30-99(88)112/h1-68H. The monoisotopic (exact) mass is 1500 g/mol. The summed E-state index contributed by atoms with van der Waals surface area (Å²) in [7, 11) is 0. The molecule has 0 unspecified atom stereocenters. The first-order chi connectivity index (χ1) is 57.5. The smallest absolute Gasteiger partial charge is 0.137 e. The van der Waals surface area contributed by atoms with Crippen molar-refractivity contribution in [1.29, 1.82) is 0 Å². The van der Waals surface area contributed by atoms with Crippen LogP contribution in [0.4, 0.5) is 34.1 Å². The van der Waals surface area contributed by atoms with Gasteiger partial charge in [0.05, 0.1) is 44.1 Å². The topological polar surface area (TPSA) is 39.3 Å². The van der Waals surface area contributed by atoms with E-state index >= 15 is 0 Å². The Morgan fingerprint density at radius 2 is 0.509 bits per heavy atom. The van der Waals surface area contributed by atoms with E-state index in [-0.39, 0.29) is 0 Å². The van der Waals surface area contributed by atoms with E-state index in [9.17, 15) is 0 Å². The van der Waals surface area contributed by atoms with E-state index in [0.29, 0.717) is 0 Å². The minimum atomic E-state index is 0.846. The first-order valence-electron chi connectivity index (χ1n) is 39.6. The number of furan rings is 1. The number of anilines is 6. The van der Waals surface area contributed by atoms with Gasteiger partial charge in [-0.25, -0.2) is 0 Å². The van der Waals surface area contributed by atoms with Crippen LogP contribution in [0.2, 0.25) is 0 Å². The highest BCUT2D eigenvalue weighted by Gasteiger charge is 2.24. The zero-order valence-electron chi connectivity index (χ0n) is 62.8. The number of para-hydroxylation sites is 7. The molecule has 0 amide bonds. The molecule has 24 rings (SSSR count). The van der Waals surface area contributed by atoms with Crippen molar-refractivity contribution in [3.63, 3.8) is 0 Å². The average Bonchev–Trinajstić information content (AvgIpc) is 1.57. The molecule has 24 aromatic rings. The highest BCUT2D eigenvalue weighted by atomic mass is 32.1. The van der Waals surface area contributed by atoms with Crippen LogP contribution < -0.4 is 9.80 Å². The summed E-state index contributed by atoms with van der Waals surface area (Å²) in [4.78, 5) is 4.74. The molecular weight excluding hydrogens is 1430 g/mol. The molecule has 6 heterocycles. The summed E-state index contributed by atoms with van der Waals surface area (Å²) < 4.78 is 18.7. The molecular formula is C108H68N6OS. The van der Waals surface area contributed by atoms with Gasteiger partial charge in [-0.15, -0.1) is 11.3 Å². The van der Waals surface area contributed by atoms with Gasteiger partial charge in [-0.2, -0.15) is 0 Å². The average molecular weight is 1500 g/mol. The van der Waals surface area contributed by atoms with Gasteiger partial charge in [0.1, 0.15) is 11.2 Å². The fraction of sp³-hybridized carbons (Fsp3) is 0. The van der Waals surface area contributed by atoms with E-state index in [1.165, 1.54) is 90.9 Å². The second kappa shape index (κ2) is 26.2. The van der Waals surface area contributed by atoms with Crippen molar-refractivity contribution in [2.75, 3.05) is 9.80 Å². The summed E-state index contributed by atoms with van der Waals surface area (Å²) in [6.45, 7) is 0. The van der Waals surface area contributed by atoms with Gasteiger partial charge in [0.15, 0.2) is 0 Å². The molecule has 8 heteroatoms. The molecule has 0 fully saturated rings. The van der Waals surface area contributed by atoms with Crippen LogP contribution in [0, 0.1) is 0 Å². The van der Waals surface area contributed by atoms with Crippen LogP contribution in [0.3, 0.4) is 0 Å². The third-order valence-electron chi connectivity index (χ3n) is 24.0. The van der Waals surface area contributed by atoms with Crippen LogP contribution in [0.15, 0.2) is 417 Å². The number of thiophene rings is 1. The Labute approximate surface area is 671 Å². The second-order valence-corrected chi connectivity index (χ2v) is 31.4. The molecule has 0 atom stereocenters. The van der Waals surface area contributed by atoms with Gasteiger partial charge < -0.3 is 32.5 Å². The summed E-state index contributed by atoms with van der Waals surface area (Å²) >= 11 is 1.85. The summed E-state index contributed by atoms with van der Waals surface area (Å²) in [6, 6.07) is 151. The lowest BCUT2D eigenvalue weighted by Crippen LogP contribution is -2.10. The van der Waals surface area contributed by atoms with Crippen molar-refractivity contribution >= 4 is 175 Å². The Bertz CT molecular complexity index is 7950. The maximum Gasteiger partial charge on any atom is 0.137 e. The minimum absolute atomic E-state index is 0.846. The van der Waals surface area contributed by atoms with Crippen LogP contribution in [0.25, 0.3) is 185 Å². The SMILES string of the molecule is c1ccc2c(c1)oc1cc(N(c3ccc(-c4ccc(-n5c6ccccc6c6ccccc65)cc4)cc3)c3ccc(-n4c5ccccc5c5cc(-c6cccc7c6c6ccccc6n7-c6ccc(-c7ccc(N(c8ccc(-n9c%10ccccc%10c%10ccccc%109)cc8)c8ccc9c(c8)sc8ccccc89)cc7)cc6)ccc54)cc3)ccc12. The normalized spacial score (nSPS) is 12.0. The molecule has 0 bridgehead atoms. The molecule has 0 aliphatic carbocycles. The van der Waals surface area contributed by atoms with E-state index in [2.05, 4.69) is 428 Å². The Hall–Kier alpha value is -15.2. The highest BCUT2D eigenvalue weighted by molar-refractivity contribution is 7.25. The molecule has 7 nitrogen and oxygen atoms in total. The fourth-order valence-corrected chi connectivity index (χ4v) is 19.8. The van der Waals surface area contributed by atoms with Crippen molar-refractivity contribution in [3.8, 4) is 56.1 Å². The van der Waals surface area contributed by atoms with Crippen molar-refractivity contribution < 1.29 is 4.42 Å². The molecule has 0 saturated heterocycles. The van der Waals surface area contributed by atoms with Crippen LogP contribution in [-0.2, 0) is 0 Å². The van der Waals surface area contributed by atoms with Gasteiger partial charge in [0, 0.05) is 137 Å². The zero-order chi connectivity index (χ0) is 76.1. The second-order valence-electron chi connectivity index (χ2n) is 30.3. The van der Waals surface area contributed by atoms with E-state index in [1.807, 2.05) is 23.5 Å². The molecule has 542 valence electrons. The highest BCUT2D eigenvalue weighted by Crippen LogP contribution is 2.47. The summed E-state index contributed by atoms with van der Waals surface area (Å²) in [6.07, 6.45) is 0. The number of hydrogen-bond donors (Lipinski definition) is 0. The first-order valence-corrected chi connectivity index (χ1v) is 40.4. The summed E-state index contributed by atoms with van der Waals surface area (Å²) in [5.41, 5.74) is 28.8. The van der Waals surface area contributed by atoms with Gasteiger partial charge in [-0.05, 0) is 221 Å². The van der Waals surface area contributed by atoms with Crippen molar-refractivity contribution in [2.24, 2.45) is 0 Å². The third-order valence-corrected chi connectivity index (χ3v) is 25.1. The number of hydrogen-bond acceptors (Lipinski definition) is 4. The molecule has 0 aliphatic heterocycles. The van der Waals surface area contributed by atoms with Gasteiger partial charge >= 0.3 is 0 Å². The van der Waals surface area contributed by atoms with Crippen molar-refractivity contribution in [2.45, 2.75) is 0 Å². The van der Waals surface area contributed by atoms with E-state index < -0.39 is 0 Å². The molecule has 0 aliphatic rings. The number of aromatic nitrogens is 4. The summed E-state index contributed by atoms with van der Waals surface area (Å²) in [5, 5.41) is 14.6. The van der Waals surface area contributed by atoms with Gasteiger partial charge in [-0.3, -0.25) is 0 Å². The predicted molar refractivity (Wildman–Crippen MR) is 490 cm³/mol. The third kappa shape index (κ3) is 10.4. The maximum atomic E-state index is 6.56.